The summed E-state index contributed by atoms with van der Waals surface area (Å²) in [6.07, 6.45) is 6.94. The maximum Gasteiger partial charge on any atom is 0.191 e. The molecule has 0 aliphatic rings. The van der Waals surface area contributed by atoms with Crippen LogP contribution in [0.25, 0.3) is 5.82 Å². The summed E-state index contributed by atoms with van der Waals surface area (Å²) in [5.74, 6) is 0.312. The minimum Gasteiger partial charge on any atom is -0.352 e. The number of pyridine rings is 1. The van der Waals surface area contributed by atoms with Crippen LogP contribution in [0.4, 0.5) is 8.78 Å². The first kappa shape index (κ1) is 20.7. The molecule has 27 heavy (non-hydrogen) atoms. The average Bonchev–Trinajstić information content (AvgIpc) is 3.20. The Hall–Kier alpha value is -2.56. The highest BCUT2D eigenvalue weighted by Gasteiger charge is 2.05. The van der Waals surface area contributed by atoms with Gasteiger partial charge in [-0.2, -0.15) is 0 Å². The van der Waals surface area contributed by atoms with E-state index in [2.05, 4.69) is 25.6 Å². The van der Waals surface area contributed by atoms with Crippen molar-refractivity contribution < 1.29 is 8.78 Å². The van der Waals surface area contributed by atoms with E-state index in [0.29, 0.717) is 12.5 Å². The standard InChI is InChI=1S/C18H18F2N6.HI/c1-21-18(25-11-14-8-15(19)3-4-16(14)20)24-10-13-2-5-17(23-9-13)26-7-6-22-12-26;/h2-9,12H,10-11H2,1H3,(H2,21,24,25);1H. The van der Waals surface area contributed by atoms with Crippen LogP contribution in [-0.2, 0) is 13.1 Å². The van der Waals surface area contributed by atoms with Gasteiger partial charge in [-0.15, -0.1) is 24.0 Å². The lowest BCUT2D eigenvalue weighted by molar-refractivity contribution is 0.581. The predicted molar refractivity (Wildman–Crippen MR) is 110 cm³/mol. The first-order valence-corrected chi connectivity index (χ1v) is 7.97. The summed E-state index contributed by atoms with van der Waals surface area (Å²) >= 11 is 0. The maximum absolute atomic E-state index is 13.6. The third-order valence-electron chi connectivity index (χ3n) is 3.72. The molecule has 3 rings (SSSR count). The lowest BCUT2D eigenvalue weighted by Crippen LogP contribution is -2.36. The van der Waals surface area contributed by atoms with E-state index in [1.165, 1.54) is 0 Å². The molecular formula is C18H19F2IN6. The molecule has 9 heteroatoms. The molecule has 2 aromatic heterocycles. The Bertz CT molecular complexity index is 881. The molecule has 0 saturated heterocycles. The fourth-order valence-corrected chi connectivity index (χ4v) is 2.33. The first-order chi connectivity index (χ1) is 12.7. The van der Waals surface area contributed by atoms with Crippen LogP contribution >= 0.6 is 24.0 Å². The van der Waals surface area contributed by atoms with Crippen molar-refractivity contribution in [3.63, 3.8) is 0 Å². The van der Waals surface area contributed by atoms with Crippen LogP contribution in [-0.4, -0.2) is 27.5 Å². The van der Waals surface area contributed by atoms with E-state index in [-0.39, 0.29) is 36.1 Å². The Morgan fingerprint density at radius 2 is 1.96 bits per heavy atom. The molecule has 2 heterocycles. The fraction of sp³-hybridized carbons (Fsp3) is 0.167. The summed E-state index contributed by atoms with van der Waals surface area (Å²) in [4.78, 5) is 12.4. The van der Waals surface area contributed by atoms with Gasteiger partial charge in [0.25, 0.3) is 0 Å². The summed E-state index contributed by atoms with van der Waals surface area (Å²) in [7, 11) is 1.61. The number of hydrogen-bond donors (Lipinski definition) is 2. The van der Waals surface area contributed by atoms with Crippen LogP contribution in [0, 0.1) is 11.6 Å². The third-order valence-corrected chi connectivity index (χ3v) is 3.72. The Balaban J connectivity index is 0.00000261. The van der Waals surface area contributed by atoms with Crippen LogP contribution in [0.2, 0.25) is 0 Å². The Kier molecular flexibility index (Phi) is 7.65. The van der Waals surface area contributed by atoms with Crippen molar-refractivity contribution in [1.29, 1.82) is 0 Å². The fourth-order valence-electron chi connectivity index (χ4n) is 2.33. The van der Waals surface area contributed by atoms with Crippen LogP contribution < -0.4 is 10.6 Å². The number of benzene rings is 1. The summed E-state index contributed by atoms with van der Waals surface area (Å²) in [6, 6.07) is 7.18. The molecule has 3 aromatic rings. The summed E-state index contributed by atoms with van der Waals surface area (Å²) in [6.45, 7) is 0.615. The highest BCUT2D eigenvalue weighted by Crippen LogP contribution is 2.09. The van der Waals surface area contributed by atoms with E-state index in [0.717, 1.165) is 29.6 Å². The highest BCUT2D eigenvalue weighted by atomic mass is 127. The van der Waals surface area contributed by atoms with Crippen LogP contribution in [0.1, 0.15) is 11.1 Å². The number of aromatic nitrogens is 3. The zero-order valence-electron chi connectivity index (χ0n) is 14.6. The zero-order valence-corrected chi connectivity index (χ0v) is 16.9. The van der Waals surface area contributed by atoms with Gasteiger partial charge < -0.3 is 10.6 Å². The van der Waals surface area contributed by atoms with Gasteiger partial charge in [0, 0.05) is 44.3 Å². The molecule has 0 radical (unpaired) electrons. The highest BCUT2D eigenvalue weighted by molar-refractivity contribution is 14.0. The molecule has 2 N–H and O–H groups in total. The summed E-state index contributed by atoms with van der Waals surface area (Å²) in [5.41, 5.74) is 1.19. The maximum atomic E-state index is 13.6. The zero-order chi connectivity index (χ0) is 18.4. The largest absolute Gasteiger partial charge is 0.352 e. The topological polar surface area (TPSA) is 67.1 Å². The van der Waals surface area contributed by atoms with Crippen molar-refractivity contribution in [3.05, 3.63) is 78.0 Å². The van der Waals surface area contributed by atoms with E-state index in [1.54, 1.807) is 25.8 Å². The van der Waals surface area contributed by atoms with E-state index in [9.17, 15) is 8.78 Å². The van der Waals surface area contributed by atoms with Crippen molar-refractivity contribution in [2.45, 2.75) is 13.1 Å². The van der Waals surface area contributed by atoms with E-state index < -0.39 is 11.6 Å². The van der Waals surface area contributed by atoms with Crippen molar-refractivity contribution >= 4 is 29.9 Å². The lowest BCUT2D eigenvalue weighted by Gasteiger charge is -2.12. The number of nitrogens with one attached hydrogen (secondary N) is 2. The molecular weight excluding hydrogens is 465 g/mol. The molecule has 0 amide bonds. The normalized spacial score (nSPS) is 11.0. The minimum absolute atomic E-state index is 0. The molecule has 0 aliphatic heterocycles. The Morgan fingerprint density at radius 3 is 2.63 bits per heavy atom. The number of hydrogen-bond acceptors (Lipinski definition) is 3. The van der Waals surface area contributed by atoms with Crippen molar-refractivity contribution in [3.8, 4) is 5.82 Å². The van der Waals surface area contributed by atoms with Crippen LogP contribution in [0.5, 0.6) is 0 Å². The van der Waals surface area contributed by atoms with Gasteiger partial charge in [-0.25, -0.2) is 18.7 Å². The quantitative estimate of drug-likeness (QED) is 0.332. The van der Waals surface area contributed by atoms with Gasteiger partial charge in [-0.3, -0.25) is 9.56 Å². The molecule has 6 nitrogen and oxygen atoms in total. The average molecular weight is 484 g/mol. The second kappa shape index (κ2) is 9.95. The summed E-state index contributed by atoms with van der Waals surface area (Å²) < 4.78 is 28.7. The smallest absolute Gasteiger partial charge is 0.191 e. The van der Waals surface area contributed by atoms with E-state index >= 15 is 0 Å². The van der Waals surface area contributed by atoms with Crippen molar-refractivity contribution in [2.75, 3.05) is 7.05 Å². The SMILES string of the molecule is CN=C(NCc1ccc(-n2ccnc2)nc1)NCc1cc(F)ccc1F.I. The second-order valence-electron chi connectivity index (χ2n) is 5.51. The van der Waals surface area contributed by atoms with Gasteiger partial charge in [-0.05, 0) is 29.8 Å². The Morgan fingerprint density at radius 1 is 1.15 bits per heavy atom. The number of imidazole rings is 1. The number of rotatable bonds is 5. The number of nitrogens with zero attached hydrogens (tertiary/aromatic N) is 4. The minimum atomic E-state index is -0.477. The number of guanidine groups is 1. The molecule has 0 saturated carbocycles. The molecule has 0 atom stereocenters. The third kappa shape index (κ3) is 5.71. The van der Waals surface area contributed by atoms with Gasteiger partial charge in [0.2, 0.25) is 0 Å². The van der Waals surface area contributed by atoms with Gasteiger partial charge in [0.1, 0.15) is 23.8 Å². The molecule has 0 unspecified atom stereocenters. The van der Waals surface area contributed by atoms with Gasteiger partial charge in [0.05, 0.1) is 0 Å². The molecule has 0 fully saturated rings. The van der Waals surface area contributed by atoms with Gasteiger partial charge in [-0.1, -0.05) is 6.07 Å². The lowest BCUT2D eigenvalue weighted by atomic mass is 10.2. The predicted octanol–water partition coefficient (Wildman–Crippen LogP) is 3.03. The van der Waals surface area contributed by atoms with Crippen LogP contribution in [0.15, 0.2) is 60.2 Å². The van der Waals surface area contributed by atoms with E-state index in [4.69, 9.17) is 0 Å². The summed E-state index contributed by atoms with van der Waals surface area (Å²) in [5, 5.41) is 6.07. The molecule has 142 valence electrons. The number of halogens is 3. The monoisotopic (exact) mass is 484 g/mol. The van der Waals surface area contributed by atoms with Gasteiger partial charge in [0.15, 0.2) is 5.96 Å². The first-order valence-electron chi connectivity index (χ1n) is 7.97. The molecule has 0 aliphatic carbocycles. The van der Waals surface area contributed by atoms with Crippen molar-refractivity contribution in [2.24, 2.45) is 4.99 Å². The Labute approximate surface area is 172 Å². The van der Waals surface area contributed by atoms with Gasteiger partial charge >= 0.3 is 0 Å². The van der Waals surface area contributed by atoms with Crippen molar-refractivity contribution in [1.82, 2.24) is 25.2 Å². The molecule has 0 bridgehead atoms. The number of aliphatic imine (C=N–C) groups is 1. The molecule has 0 spiro atoms. The molecule has 1 aromatic carbocycles. The van der Waals surface area contributed by atoms with E-state index in [1.807, 2.05) is 22.9 Å². The second-order valence-corrected chi connectivity index (χ2v) is 5.51. The van der Waals surface area contributed by atoms with Crippen LogP contribution in [0.3, 0.4) is 0 Å².